The van der Waals surface area contributed by atoms with Crippen LogP contribution in [0, 0.1) is 11.8 Å². The van der Waals surface area contributed by atoms with Gasteiger partial charge in [-0.3, -0.25) is 4.79 Å². The topological polar surface area (TPSA) is 98.0 Å². The van der Waals surface area contributed by atoms with E-state index < -0.39 is 24.3 Å². The van der Waals surface area contributed by atoms with Crippen LogP contribution >= 0.6 is 0 Å². The van der Waals surface area contributed by atoms with Gasteiger partial charge in [0.15, 0.2) is 0 Å². The fraction of sp³-hybridized carbons (Fsp3) is 0.591. The lowest BCUT2D eigenvalue weighted by molar-refractivity contribution is -0.136. The van der Waals surface area contributed by atoms with E-state index in [4.69, 9.17) is 10.6 Å². The number of carbonyl (C=O) groups is 1. The Morgan fingerprint density at radius 3 is 2.63 bits per heavy atom. The zero-order chi connectivity index (χ0) is 23.6. The van der Waals surface area contributed by atoms with Gasteiger partial charge in [0.2, 0.25) is 0 Å². The highest BCUT2D eigenvalue weighted by atomic mass is 16.4. The van der Waals surface area contributed by atoms with Crippen molar-refractivity contribution in [2.75, 3.05) is 0 Å². The number of aliphatic hydroxyl groups excluding tert-OH is 3. The lowest BCUT2D eigenvalue weighted by Gasteiger charge is -2.19. The van der Waals surface area contributed by atoms with E-state index in [-0.39, 0.29) is 68.1 Å². The van der Waals surface area contributed by atoms with Crippen molar-refractivity contribution in [1.82, 2.24) is 0 Å². The molecule has 0 spiro atoms. The highest BCUT2D eigenvalue weighted by Crippen LogP contribution is 2.36. The van der Waals surface area contributed by atoms with Crippen molar-refractivity contribution in [2.24, 2.45) is 11.8 Å². The molecule has 1 rings (SSSR count). The Bertz CT molecular complexity index is 717. The van der Waals surface area contributed by atoms with Gasteiger partial charge in [-0.25, -0.2) is 0 Å². The predicted molar refractivity (Wildman–Crippen MR) is 107 cm³/mol. The molecular formula is C22H34O5. The van der Waals surface area contributed by atoms with Crippen molar-refractivity contribution in [1.29, 1.82) is 0 Å². The van der Waals surface area contributed by atoms with Crippen molar-refractivity contribution in [3.05, 3.63) is 48.5 Å². The van der Waals surface area contributed by atoms with E-state index in [9.17, 15) is 20.1 Å². The molecule has 1 fully saturated rings. The van der Waals surface area contributed by atoms with Crippen LogP contribution in [0.5, 0.6) is 0 Å². The van der Waals surface area contributed by atoms with Crippen LogP contribution in [0.2, 0.25) is 0 Å². The Labute approximate surface area is 168 Å². The number of rotatable bonds is 12. The lowest BCUT2D eigenvalue weighted by atomic mass is 9.89. The maximum absolute atomic E-state index is 10.5. The summed E-state index contributed by atoms with van der Waals surface area (Å²) in [7, 11) is 0. The summed E-state index contributed by atoms with van der Waals surface area (Å²) in [6.45, 7) is 2.01. The standard InChI is InChI=1S/C22H34O5/c1-2-3-8-12-18-19(21(25)16-20(18)24)15-14-17(23)11-9-6-4-5-7-10-13-22(26)27/h3,5-9,14-15,17-21,23-25H,2,4,10-13,16H2,1H3,(H,26,27)/b7-5-,8-3-,9-6-,15-14+/t17-,18+,19-,20+,21-/m0/s1/i5D,6D,7D,9D. The summed E-state index contributed by atoms with van der Waals surface area (Å²) in [4.78, 5) is 10.5. The minimum absolute atomic E-state index is 0.107. The summed E-state index contributed by atoms with van der Waals surface area (Å²) >= 11 is 0. The Hall–Kier alpha value is -1.69. The minimum atomic E-state index is -1.07. The Morgan fingerprint density at radius 2 is 1.93 bits per heavy atom. The van der Waals surface area contributed by atoms with E-state index in [1.807, 2.05) is 19.1 Å². The maximum Gasteiger partial charge on any atom is 0.303 e. The van der Waals surface area contributed by atoms with Gasteiger partial charge in [-0.2, -0.15) is 0 Å². The molecule has 0 bridgehead atoms. The lowest BCUT2D eigenvalue weighted by Crippen LogP contribution is -2.20. The third-order valence-corrected chi connectivity index (χ3v) is 4.48. The van der Waals surface area contributed by atoms with Crippen LogP contribution in [0.15, 0.2) is 48.5 Å². The van der Waals surface area contributed by atoms with Gasteiger partial charge in [0, 0.05) is 18.8 Å². The molecule has 0 saturated heterocycles. The third-order valence-electron chi connectivity index (χ3n) is 4.48. The molecule has 5 atom stereocenters. The number of carboxylic acid groups (broad SMARTS) is 1. The van der Waals surface area contributed by atoms with Crippen molar-refractivity contribution >= 4 is 5.97 Å². The molecule has 152 valence electrons. The third kappa shape index (κ3) is 9.70. The molecule has 1 aliphatic rings. The minimum Gasteiger partial charge on any atom is -0.481 e. The van der Waals surface area contributed by atoms with Gasteiger partial charge >= 0.3 is 5.97 Å². The van der Waals surface area contributed by atoms with Crippen molar-refractivity contribution < 1.29 is 30.7 Å². The number of aliphatic hydroxyl groups is 3. The highest BCUT2D eigenvalue weighted by molar-refractivity contribution is 5.66. The summed E-state index contributed by atoms with van der Waals surface area (Å²) in [5, 5.41) is 39.3. The molecule has 0 aromatic rings. The summed E-state index contributed by atoms with van der Waals surface area (Å²) in [5.74, 6) is -1.54. The second-order valence-electron chi connectivity index (χ2n) is 6.66. The smallest absolute Gasteiger partial charge is 0.303 e. The first-order valence-electron chi connectivity index (χ1n) is 11.5. The van der Waals surface area contributed by atoms with Gasteiger partial charge in [-0.15, -0.1) is 0 Å². The fourth-order valence-electron chi connectivity index (χ4n) is 3.05. The Morgan fingerprint density at radius 1 is 1.19 bits per heavy atom. The Kier molecular flexibility index (Phi) is 8.69. The zero-order valence-corrected chi connectivity index (χ0v) is 15.8. The second-order valence-corrected chi connectivity index (χ2v) is 6.66. The average Bonchev–Trinajstić information content (AvgIpc) is 2.96. The monoisotopic (exact) mass is 382 g/mol. The molecule has 5 nitrogen and oxygen atoms in total. The summed E-state index contributed by atoms with van der Waals surface area (Å²) < 4.78 is 31.3. The van der Waals surface area contributed by atoms with Gasteiger partial charge in [-0.05, 0) is 38.0 Å². The van der Waals surface area contributed by atoms with Crippen LogP contribution in [-0.2, 0) is 4.79 Å². The Balaban J connectivity index is 2.72. The van der Waals surface area contributed by atoms with E-state index in [1.54, 1.807) is 6.08 Å². The summed E-state index contributed by atoms with van der Waals surface area (Å²) in [6, 6.07) is -0.789. The number of hydrogen-bond donors (Lipinski definition) is 4. The first-order chi connectivity index (χ1) is 14.6. The van der Waals surface area contributed by atoms with E-state index in [0.717, 1.165) is 6.42 Å². The molecule has 0 aromatic heterocycles. The second kappa shape index (κ2) is 13.5. The molecule has 0 heterocycles. The molecule has 5 heteroatoms. The van der Waals surface area contributed by atoms with Crippen LogP contribution < -0.4 is 0 Å². The van der Waals surface area contributed by atoms with Crippen LogP contribution in [0.25, 0.3) is 0 Å². The van der Waals surface area contributed by atoms with Gasteiger partial charge in [0.05, 0.1) is 23.8 Å². The van der Waals surface area contributed by atoms with Crippen LogP contribution in [-0.4, -0.2) is 44.7 Å². The number of allylic oxidation sites excluding steroid dienone is 5. The maximum atomic E-state index is 10.5. The first kappa shape index (κ1) is 17.4. The SMILES string of the molecule is [2H]/C(CCC(=O)O)=C(\[2H])C/C([2H])=C(/[2H])C[C@H](O)/C=C/[C@H]1[C@@H](C/C=C\CC)[C@H](O)C[C@@H]1O. The highest BCUT2D eigenvalue weighted by Gasteiger charge is 2.39. The normalized spacial score (nSPS) is 31.1. The first-order valence-corrected chi connectivity index (χ1v) is 9.46. The largest absolute Gasteiger partial charge is 0.481 e. The predicted octanol–water partition coefficient (Wildman–Crippen LogP) is 3.38. The molecule has 1 aliphatic carbocycles. The number of hydrogen-bond acceptors (Lipinski definition) is 4. The van der Waals surface area contributed by atoms with Gasteiger partial charge in [0.25, 0.3) is 0 Å². The molecule has 27 heavy (non-hydrogen) atoms. The van der Waals surface area contributed by atoms with Crippen LogP contribution in [0.3, 0.4) is 0 Å². The fourth-order valence-corrected chi connectivity index (χ4v) is 3.05. The summed E-state index contributed by atoms with van der Waals surface area (Å²) in [5.41, 5.74) is 0. The van der Waals surface area contributed by atoms with E-state index in [0.29, 0.717) is 6.42 Å². The molecule has 0 amide bonds. The number of aliphatic carboxylic acids is 1. The van der Waals surface area contributed by atoms with Gasteiger partial charge < -0.3 is 20.4 Å². The molecular weight excluding hydrogens is 344 g/mol. The summed E-state index contributed by atoms with van der Waals surface area (Å²) in [6.07, 6.45) is 5.66. The molecule has 0 aliphatic heterocycles. The molecule has 4 N–H and O–H groups in total. The van der Waals surface area contributed by atoms with Crippen LogP contribution in [0.1, 0.15) is 57.4 Å². The van der Waals surface area contributed by atoms with E-state index >= 15 is 0 Å². The molecule has 0 aromatic carbocycles. The molecule has 0 radical (unpaired) electrons. The quantitative estimate of drug-likeness (QED) is 0.388. The molecule has 1 saturated carbocycles. The average molecular weight is 383 g/mol. The van der Waals surface area contributed by atoms with E-state index in [2.05, 4.69) is 0 Å². The number of carboxylic acids is 1. The van der Waals surface area contributed by atoms with Crippen molar-refractivity contribution in [2.45, 2.75) is 70.2 Å². The van der Waals surface area contributed by atoms with Crippen LogP contribution in [0.4, 0.5) is 0 Å². The van der Waals surface area contributed by atoms with Gasteiger partial charge in [-0.1, -0.05) is 55.4 Å². The zero-order valence-electron chi connectivity index (χ0n) is 19.8. The van der Waals surface area contributed by atoms with Crippen molar-refractivity contribution in [3.63, 3.8) is 0 Å². The van der Waals surface area contributed by atoms with E-state index in [1.165, 1.54) is 6.08 Å². The molecule has 0 unspecified atom stereocenters. The van der Waals surface area contributed by atoms with Crippen molar-refractivity contribution in [3.8, 4) is 0 Å². The van der Waals surface area contributed by atoms with Gasteiger partial charge in [0.1, 0.15) is 0 Å².